The Labute approximate surface area is 135 Å². The van der Waals surface area contributed by atoms with Crippen molar-refractivity contribution in [3.8, 4) is 0 Å². The number of furan rings is 1. The Bertz CT molecular complexity index is 1010. The van der Waals surface area contributed by atoms with E-state index >= 15 is 0 Å². The van der Waals surface area contributed by atoms with Gasteiger partial charge in [-0.1, -0.05) is 42.0 Å². The zero-order valence-corrected chi connectivity index (χ0v) is 13.5. The van der Waals surface area contributed by atoms with Crippen LogP contribution in [0, 0.1) is 6.92 Å². The van der Waals surface area contributed by atoms with Crippen LogP contribution in [-0.4, -0.2) is 11.4 Å². The smallest absolute Gasteiger partial charge is 0.141 e. The Morgan fingerprint density at radius 2 is 1.91 bits per heavy atom. The molecule has 1 atom stereocenters. The van der Waals surface area contributed by atoms with Gasteiger partial charge in [-0.25, -0.2) is 0 Å². The van der Waals surface area contributed by atoms with Crippen molar-refractivity contribution in [1.29, 1.82) is 0 Å². The second kappa shape index (κ2) is 4.51. The maximum absolute atomic E-state index is 6.39. The van der Waals surface area contributed by atoms with Crippen LogP contribution in [0.15, 0.2) is 58.7 Å². The summed E-state index contributed by atoms with van der Waals surface area (Å²) in [4.78, 5) is 2.43. The second-order valence-corrected chi connectivity index (χ2v) is 6.73. The molecule has 1 unspecified atom stereocenters. The Balaban J connectivity index is 1.87. The first-order valence-electron chi connectivity index (χ1n) is 8.28. The van der Waals surface area contributed by atoms with Crippen LogP contribution in [0.5, 0.6) is 0 Å². The summed E-state index contributed by atoms with van der Waals surface area (Å²) in [7, 11) is 0. The molecule has 23 heavy (non-hydrogen) atoms. The minimum Gasteiger partial charge on any atom is -0.455 e. The number of hydrogen-bond acceptors (Lipinski definition) is 2. The molecule has 0 radical (unpaired) electrons. The van der Waals surface area contributed by atoms with Gasteiger partial charge in [0.05, 0.1) is 6.04 Å². The number of allylic oxidation sites excluding steroid dienone is 2. The lowest BCUT2D eigenvalue weighted by Crippen LogP contribution is -2.31. The van der Waals surface area contributed by atoms with Gasteiger partial charge in [-0.05, 0) is 37.5 Å². The van der Waals surface area contributed by atoms with E-state index in [1.54, 1.807) is 0 Å². The zero-order valence-electron chi connectivity index (χ0n) is 13.5. The van der Waals surface area contributed by atoms with Gasteiger partial charge in [0.1, 0.15) is 11.2 Å². The predicted octanol–water partition coefficient (Wildman–Crippen LogP) is 5.27. The number of nitrogens with zero attached hydrogens (tertiary/aromatic N) is 1. The zero-order chi connectivity index (χ0) is 15.6. The van der Waals surface area contributed by atoms with Crippen molar-refractivity contribution in [2.24, 2.45) is 0 Å². The second-order valence-electron chi connectivity index (χ2n) is 6.73. The van der Waals surface area contributed by atoms with E-state index in [1.165, 1.54) is 33.0 Å². The average molecular weight is 301 g/mol. The van der Waals surface area contributed by atoms with Crippen LogP contribution < -0.4 is 0 Å². The Hall–Kier alpha value is -2.48. The first kappa shape index (κ1) is 13.0. The fraction of sp³-hybridized carbons (Fsp3) is 0.238. The molecule has 0 saturated heterocycles. The molecule has 0 N–H and O–H groups in total. The highest BCUT2D eigenvalue weighted by molar-refractivity contribution is 6.07. The number of fused-ring (bicyclic) bond motifs is 7. The van der Waals surface area contributed by atoms with Gasteiger partial charge in [0.2, 0.25) is 0 Å². The van der Waals surface area contributed by atoms with Gasteiger partial charge in [0.15, 0.2) is 0 Å². The summed E-state index contributed by atoms with van der Waals surface area (Å²) in [6.07, 6.45) is 7.87. The number of aryl methyl sites for hydroxylation is 1. The summed E-state index contributed by atoms with van der Waals surface area (Å²) in [5, 5.41) is 2.47. The van der Waals surface area contributed by atoms with Gasteiger partial charge < -0.3 is 9.32 Å². The lowest BCUT2D eigenvalue weighted by atomic mass is 9.88. The van der Waals surface area contributed by atoms with E-state index in [-0.39, 0.29) is 0 Å². The molecule has 3 heterocycles. The molecule has 0 fully saturated rings. The minimum absolute atomic E-state index is 0.299. The van der Waals surface area contributed by atoms with E-state index in [1.807, 2.05) is 0 Å². The van der Waals surface area contributed by atoms with Crippen LogP contribution in [-0.2, 0) is 6.42 Å². The van der Waals surface area contributed by atoms with Crippen LogP contribution >= 0.6 is 0 Å². The van der Waals surface area contributed by atoms with Crippen molar-refractivity contribution in [2.75, 3.05) is 6.54 Å². The summed E-state index contributed by atoms with van der Waals surface area (Å²) in [5.41, 5.74) is 7.41. The van der Waals surface area contributed by atoms with E-state index in [0.717, 1.165) is 24.1 Å². The van der Waals surface area contributed by atoms with Crippen LogP contribution in [0.4, 0.5) is 0 Å². The highest BCUT2D eigenvalue weighted by atomic mass is 16.3. The number of hydrogen-bond donors (Lipinski definition) is 0. The first-order chi connectivity index (χ1) is 11.2. The SMILES string of the molecule is CC1=CC2c3c(ccc4c3oc3c(C)cccc34)CCN2C=C1. The van der Waals surface area contributed by atoms with Gasteiger partial charge in [-0.15, -0.1) is 0 Å². The fourth-order valence-corrected chi connectivity index (χ4v) is 4.03. The summed E-state index contributed by atoms with van der Waals surface area (Å²) in [6.45, 7) is 5.37. The number of benzene rings is 2. The van der Waals surface area contributed by atoms with E-state index < -0.39 is 0 Å². The molecular formula is C21H19NO. The largest absolute Gasteiger partial charge is 0.455 e. The molecular weight excluding hydrogens is 282 g/mol. The maximum Gasteiger partial charge on any atom is 0.141 e. The van der Waals surface area contributed by atoms with E-state index in [2.05, 4.69) is 67.4 Å². The van der Waals surface area contributed by atoms with E-state index in [0.29, 0.717) is 6.04 Å². The molecule has 5 rings (SSSR count). The van der Waals surface area contributed by atoms with E-state index in [9.17, 15) is 0 Å². The number of rotatable bonds is 0. The highest BCUT2D eigenvalue weighted by Crippen LogP contribution is 2.42. The topological polar surface area (TPSA) is 16.4 Å². The standard InChI is InChI=1S/C21H19NO/c1-13-8-10-22-11-9-15-6-7-17-16-5-3-4-14(2)20(16)23-21(17)19(15)18(22)12-13/h3-8,10,12,18H,9,11H2,1-2H3. The molecule has 2 nitrogen and oxygen atoms in total. The fourth-order valence-electron chi connectivity index (χ4n) is 4.03. The molecule has 1 aromatic heterocycles. The third kappa shape index (κ3) is 1.75. The van der Waals surface area contributed by atoms with E-state index in [4.69, 9.17) is 4.42 Å². The average Bonchev–Trinajstić information content (AvgIpc) is 2.94. The first-order valence-corrected chi connectivity index (χ1v) is 8.28. The molecule has 3 aromatic rings. The van der Waals surface area contributed by atoms with Crippen molar-refractivity contribution >= 4 is 21.9 Å². The maximum atomic E-state index is 6.39. The van der Waals surface area contributed by atoms with Crippen LogP contribution in [0.3, 0.4) is 0 Å². The molecule has 2 heteroatoms. The minimum atomic E-state index is 0.299. The Morgan fingerprint density at radius 1 is 1.04 bits per heavy atom. The van der Waals surface area contributed by atoms with Gasteiger partial charge in [-0.2, -0.15) is 0 Å². The third-order valence-electron chi connectivity index (χ3n) is 5.23. The molecule has 2 aliphatic rings. The van der Waals surface area contributed by atoms with Crippen LogP contribution in [0.25, 0.3) is 21.9 Å². The highest BCUT2D eigenvalue weighted by Gasteiger charge is 2.29. The summed E-state index contributed by atoms with van der Waals surface area (Å²) >= 11 is 0. The molecule has 0 saturated carbocycles. The molecule has 114 valence electrons. The van der Waals surface area contributed by atoms with Crippen molar-refractivity contribution in [3.63, 3.8) is 0 Å². The molecule has 2 aliphatic heterocycles. The van der Waals surface area contributed by atoms with Gasteiger partial charge in [0, 0.05) is 29.1 Å². The lowest BCUT2D eigenvalue weighted by Gasteiger charge is -2.37. The molecule has 0 spiro atoms. The van der Waals surface area contributed by atoms with Crippen LogP contribution in [0.2, 0.25) is 0 Å². The third-order valence-corrected chi connectivity index (χ3v) is 5.23. The molecule has 0 aliphatic carbocycles. The monoisotopic (exact) mass is 301 g/mol. The molecule has 0 bridgehead atoms. The normalized spacial score (nSPS) is 19.8. The summed E-state index contributed by atoms with van der Waals surface area (Å²) in [6, 6.07) is 11.2. The summed E-state index contributed by atoms with van der Waals surface area (Å²) < 4.78 is 6.39. The van der Waals surface area contributed by atoms with Crippen molar-refractivity contribution in [3.05, 3.63) is 70.9 Å². The summed E-state index contributed by atoms with van der Waals surface area (Å²) in [5.74, 6) is 0. The van der Waals surface area contributed by atoms with Gasteiger partial charge in [-0.3, -0.25) is 0 Å². The van der Waals surface area contributed by atoms with Crippen LogP contribution in [0.1, 0.15) is 29.7 Å². The predicted molar refractivity (Wildman–Crippen MR) is 94.5 cm³/mol. The number of para-hydroxylation sites is 1. The van der Waals surface area contributed by atoms with Crippen molar-refractivity contribution < 1.29 is 4.42 Å². The Morgan fingerprint density at radius 3 is 2.83 bits per heavy atom. The van der Waals surface area contributed by atoms with Gasteiger partial charge >= 0.3 is 0 Å². The van der Waals surface area contributed by atoms with Crippen molar-refractivity contribution in [1.82, 2.24) is 4.90 Å². The lowest BCUT2D eigenvalue weighted by molar-refractivity contribution is 0.303. The Kier molecular flexibility index (Phi) is 2.55. The molecule has 2 aromatic carbocycles. The van der Waals surface area contributed by atoms with Crippen molar-refractivity contribution in [2.45, 2.75) is 26.3 Å². The molecule has 0 amide bonds. The van der Waals surface area contributed by atoms with Gasteiger partial charge in [0.25, 0.3) is 0 Å². The quantitative estimate of drug-likeness (QED) is 0.562.